The van der Waals surface area contributed by atoms with Gasteiger partial charge in [-0.25, -0.2) is 0 Å². The highest BCUT2D eigenvalue weighted by Crippen LogP contribution is 2.20. The lowest BCUT2D eigenvalue weighted by Crippen LogP contribution is -2.34. The molecular weight excluding hydrogens is 222 g/mol. The van der Waals surface area contributed by atoms with Gasteiger partial charge < -0.3 is 15.1 Å². The topological polar surface area (TPSA) is 77.8 Å². The summed E-state index contributed by atoms with van der Waals surface area (Å²) in [6.07, 6.45) is 0. The Bertz CT molecular complexity index is 426. The van der Waals surface area contributed by atoms with Crippen LogP contribution in [0.2, 0.25) is 0 Å². The van der Waals surface area contributed by atoms with Gasteiger partial charge in [-0.3, -0.25) is 9.59 Å². The van der Waals surface area contributed by atoms with E-state index in [4.69, 9.17) is 10.2 Å². The standard InChI is InChI=1S/C12H15NO4/c1-8-3-4-10(9(2)5-8)13(6-11(14)15)7-12(16)17/h3-5H,6-7H2,1-2H3,(H,14,15)(H,16,17). The van der Waals surface area contributed by atoms with E-state index in [-0.39, 0.29) is 13.1 Å². The summed E-state index contributed by atoms with van der Waals surface area (Å²) in [6.45, 7) is 3.11. The van der Waals surface area contributed by atoms with Crippen LogP contribution in [-0.2, 0) is 9.59 Å². The Morgan fingerprint density at radius 2 is 1.65 bits per heavy atom. The summed E-state index contributed by atoms with van der Waals surface area (Å²) in [5.74, 6) is -2.10. The van der Waals surface area contributed by atoms with Gasteiger partial charge in [0.05, 0.1) is 0 Å². The van der Waals surface area contributed by atoms with Crippen molar-refractivity contribution in [1.29, 1.82) is 0 Å². The molecule has 0 bridgehead atoms. The van der Waals surface area contributed by atoms with Gasteiger partial charge in [0.2, 0.25) is 0 Å². The fourth-order valence-electron chi connectivity index (χ4n) is 1.71. The molecule has 0 amide bonds. The number of hydrogen-bond donors (Lipinski definition) is 2. The lowest BCUT2D eigenvalue weighted by Gasteiger charge is -2.22. The Hall–Kier alpha value is -2.04. The number of aryl methyl sites for hydroxylation is 2. The minimum Gasteiger partial charge on any atom is -0.480 e. The zero-order chi connectivity index (χ0) is 13.0. The third kappa shape index (κ3) is 3.79. The number of carbonyl (C=O) groups is 2. The molecule has 0 aliphatic rings. The van der Waals surface area contributed by atoms with Crippen LogP contribution in [0.4, 0.5) is 5.69 Å². The van der Waals surface area contributed by atoms with Crippen LogP contribution in [0.25, 0.3) is 0 Å². The molecule has 1 rings (SSSR count). The molecule has 92 valence electrons. The second-order valence-corrected chi connectivity index (χ2v) is 3.93. The van der Waals surface area contributed by atoms with E-state index in [9.17, 15) is 9.59 Å². The van der Waals surface area contributed by atoms with Crippen LogP contribution in [0.1, 0.15) is 11.1 Å². The molecule has 1 aromatic carbocycles. The van der Waals surface area contributed by atoms with Crippen LogP contribution < -0.4 is 4.90 Å². The van der Waals surface area contributed by atoms with E-state index in [1.54, 1.807) is 6.07 Å². The molecule has 0 radical (unpaired) electrons. The first kappa shape index (κ1) is 13.0. The van der Waals surface area contributed by atoms with E-state index in [0.717, 1.165) is 11.1 Å². The monoisotopic (exact) mass is 237 g/mol. The van der Waals surface area contributed by atoms with E-state index in [1.165, 1.54) is 4.90 Å². The number of carboxylic acids is 2. The maximum absolute atomic E-state index is 10.7. The van der Waals surface area contributed by atoms with Crippen LogP contribution in [0, 0.1) is 13.8 Å². The van der Waals surface area contributed by atoms with Gasteiger partial charge in [-0.15, -0.1) is 0 Å². The number of carboxylic acid groups (broad SMARTS) is 2. The zero-order valence-electron chi connectivity index (χ0n) is 9.80. The lowest BCUT2D eigenvalue weighted by molar-refractivity contribution is -0.136. The Labute approximate surface area is 99.3 Å². The van der Waals surface area contributed by atoms with Crippen molar-refractivity contribution >= 4 is 17.6 Å². The van der Waals surface area contributed by atoms with Crippen molar-refractivity contribution in [2.45, 2.75) is 13.8 Å². The lowest BCUT2D eigenvalue weighted by atomic mass is 10.1. The number of hydrogen-bond acceptors (Lipinski definition) is 3. The molecular formula is C12H15NO4. The SMILES string of the molecule is Cc1ccc(N(CC(=O)O)CC(=O)O)c(C)c1. The number of aliphatic carboxylic acids is 2. The van der Waals surface area contributed by atoms with Gasteiger partial charge in [0.1, 0.15) is 13.1 Å². The fourth-order valence-corrected chi connectivity index (χ4v) is 1.71. The summed E-state index contributed by atoms with van der Waals surface area (Å²) in [6, 6.07) is 5.47. The van der Waals surface area contributed by atoms with Gasteiger partial charge in [0, 0.05) is 5.69 Å². The van der Waals surface area contributed by atoms with E-state index < -0.39 is 11.9 Å². The average Bonchev–Trinajstić information content (AvgIpc) is 2.14. The quantitative estimate of drug-likeness (QED) is 0.806. The number of anilines is 1. The van der Waals surface area contributed by atoms with Crippen molar-refractivity contribution in [1.82, 2.24) is 0 Å². The van der Waals surface area contributed by atoms with Crippen molar-refractivity contribution in [2.75, 3.05) is 18.0 Å². The molecule has 5 heteroatoms. The van der Waals surface area contributed by atoms with E-state index in [2.05, 4.69) is 0 Å². The maximum Gasteiger partial charge on any atom is 0.323 e. The third-order valence-corrected chi connectivity index (χ3v) is 2.35. The molecule has 0 aliphatic heterocycles. The van der Waals surface area contributed by atoms with E-state index in [0.29, 0.717) is 5.69 Å². The molecule has 2 N–H and O–H groups in total. The number of rotatable bonds is 5. The average molecular weight is 237 g/mol. The van der Waals surface area contributed by atoms with Gasteiger partial charge >= 0.3 is 11.9 Å². The van der Waals surface area contributed by atoms with Crippen molar-refractivity contribution in [3.8, 4) is 0 Å². The smallest absolute Gasteiger partial charge is 0.323 e. The highest BCUT2D eigenvalue weighted by atomic mass is 16.4. The maximum atomic E-state index is 10.7. The second kappa shape index (κ2) is 5.34. The highest BCUT2D eigenvalue weighted by Gasteiger charge is 2.15. The number of nitrogens with zero attached hydrogens (tertiary/aromatic N) is 1. The summed E-state index contributed by atoms with van der Waals surface area (Å²) >= 11 is 0. The summed E-state index contributed by atoms with van der Waals surface area (Å²) in [5, 5.41) is 17.5. The first-order chi connectivity index (χ1) is 7.90. The third-order valence-electron chi connectivity index (χ3n) is 2.35. The minimum atomic E-state index is -1.05. The van der Waals surface area contributed by atoms with Gasteiger partial charge in [0.15, 0.2) is 0 Å². The largest absolute Gasteiger partial charge is 0.480 e. The first-order valence-corrected chi connectivity index (χ1v) is 5.16. The Morgan fingerprint density at radius 3 is 2.06 bits per heavy atom. The summed E-state index contributed by atoms with van der Waals surface area (Å²) in [7, 11) is 0. The summed E-state index contributed by atoms with van der Waals surface area (Å²) < 4.78 is 0. The van der Waals surface area contributed by atoms with Crippen LogP contribution in [0.15, 0.2) is 18.2 Å². The molecule has 0 heterocycles. The Morgan fingerprint density at radius 1 is 1.12 bits per heavy atom. The molecule has 17 heavy (non-hydrogen) atoms. The molecule has 0 atom stereocenters. The van der Waals surface area contributed by atoms with Crippen LogP contribution >= 0.6 is 0 Å². The van der Waals surface area contributed by atoms with Crippen molar-refractivity contribution in [3.05, 3.63) is 29.3 Å². The molecule has 0 spiro atoms. The van der Waals surface area contributed by atoms with Crippen molar-refractivity contribution < 1.29 is 19.8 Å². The molecule has 0 saturated carbocycles. The van der Waals surface area contributed by atoms with Crippen LogP contribution in [0.3, 0.4) is 0 Å². The highest BCUT2D eigenvalue weighted by molar-refractivity contribution is 5.80. The Kier molecular flexibility index (Phi) is 4.09. The molecule has 0 unspecified atom stereocenters. The van der Waals surface area contributed by atoms with Gasteiger partial charge in [-0.2, -0.15) is 0 Å². The van der Waals surface area contributed by atoms with Gasteiger partial charge in [-0.1, -0.05) is 17.7 Å². The van der Waals surface area contributed by atoms with Crippen molar-refractivity contribution in [2.24, 2.45) is 0 Å². The summed E-state index contributed by atoms with van der Waals surface area (Å²) in [5.41, 5.74) is 2.56. The first-order valence-electron chi connectivity index (χ1n) is 5.16. The normalized spacial score (nSPS) is 10.0. The molecule has 1 aromatic rings. The van der Waals surface area contributed by atoms with E-state index in [1.807, 2.05) is 26.0 Å². The zero-order valence-corrected chi connectivity index (χ0v) is 9.80. The van der Waals surface area contributed by atoms with Crippen LogP contribution in [0.5, 0.6) is 0 Å². The van der Waals surface area contributed by atoms with E-state index >= 15 is 0 Å². The molecule has 0 fully saturated rings. The van der Waals surface area contributed by atoms with Gasteiger partial charge in [-0.05, 0) is 25.5 Å². The molecule has 0 aromatic heterocycles. The van der Waals surface area contributed by atoms with Crippen LogP contribution in [-0.4, -0.2) is 35.2 Å². The predicted molar refractivity (Wildman–Crippen MR) is 63.4 cm³/mol. The molecule has 0 saturated heterocycles. The number of benzene rings is 1. The Balaban J connectivity index is 3.02. The fraction of sp³-hybridized carbons (Fsp3) is 0.333. The summed E-state index contributed by atoms with van der Waals surface area (Å²) in [4.78, 5) is 22.7. The second-order valence-electron chi connectivity index (χ2n) is 3.93. The van der Waals surface area contributed by atoms with Gasteiger partial charge in [0.25, 0.3) is 0 Å². The predicted octanol–water partition coefficient (Wildman–Crippen LogP) is 1.28. The minimum absolute atomic E-state index is 0.323. The molecule has 0 aliphatic carbocycles. The van der Waals surface area contributed by atoms with Crippen molar-refractivity contribution in [3.63, 3.8) is 0 Å². The molecule has 5 nitrogen and oxygen atoms in total.